The third-order valence-corrected chi connectivity index (χ3v) is 8.31. The maximum absolute atomic E-state index is 13.3. The molecule has 6 fully saturated rings. The first-order valence-corrected chi connectivity index (χ1v) is 9.55. The molecule has 2 spiro atoms. The van der Waals surface area contributed by atoms with Crippen molar-refractivity contribution in [1.82, 2.24) is 0 Å². The Morgan fingerprint density at radius 1 is 1.19 bits per heavy atom. The van der Waals surface area contributed by atoms with E-state index in [4.69, 9.17) is 18.6 Å². The van der Waals surface area contributed by atoms with Gasteiger partial charge in [0.1, 0.15) is 29.3 Å². The molecule has 1 aromatic rings. The summed E-state index contributed by atoms with van der Waals surface area (Å²) in [4.78, 5) is 26.3. The van der Waals surface area contributed by atoms with Crippen LogP contribution in [0.3, 0.4) is 0 Å². The van der Waals surface area contributed by atoms with Gasteiger partial charge in [0, 0.05) is 12.0 Å². The molecule has 4 aliphatic heterocycles. The quantitative estimate of drug-likeness (QED) is 0.567. The highest BCUT2D eigenvalue weighted by molar-refractivity contribution is 5.87. The zero-order valence-corrected chi connectivity index (χ0v) is 14.9. The van der Waals surface area contributed by atoms with Crippen LogP contribution in [0.25, 0.3) is 0 Å². The number of cyclic esters (lactones) is 1. The van der Waals surface area contributed by atoms with Crippen molar-refractivity contribution in [2.45, 2.75) is 63.4 Å². The van der Waals surface area contributed by atoms with Crippen LogP contribution in [-0.4, -0.2) is 29.7 Å². The molecule has 7 rings (SSSR count). The summed E-state index contributed by atoms with van der Waals surface area (Å²) in [6.07, 6.45) is 5.51. The smallest absolute Gasteiger partial charge is 0.315 e. The largest absolute Gasteiger partial charge is 0.472 e. The fourth-order valence-corrected chi connectivity index (χ4v) is 6.84. The lowest BCUT2D eigenvalue weighted by molar-refractivity contribution is -0.219. The first kappa shape index (κ1) is 15.3. The summed E-state index contributed by atoms with van der Waals surface area (Å²) in [7, 11) is 0. The third kappa shape index (κ3) is 1.40. The predicted molar refractivity (Wildman–Crippen MR) is 86.7 cm³/mol. The number of epoxide rings is 1. The van der Waals surface area contributed by atoms with Gasteiger partial charge in [0.25, 0.3) is 0 Å². The second-order valence-corrected chi connectivity index (χ2v) is 8.98. The predicted octanol–water partition coefficient (Wildman–Crippen LogP) is 2.77. The molecule has 2 saturated carbocycles. The molecular formula is C20H22O6. The molecule has 6 nitrogen and oxygen atoms in total. The molecule has 6 heteroatoms. The monoisotopic (exact) mass is 358 g/mol. The second kappa shape index (κ2) is 4.35. The van der Waals surface area contributed by atoms with Crippen molar-refractivity contribution >= 4 is 11.9 Å². The van der Waals surface area contributed by atoms with Gasteiger partial charge < -0.3 is 18.6 Å². The van der Waals surface area contributed by atoms with Crippen LogP contribution in [0.2, 0.25) is 0 Å². The normalized spacial score (nSPS) is 53.8. The maximum Gasteiger partial charge on any atom is 0.315 e. The molecule has 26 heavy (non-hydrogen) atoms. The van der Waals surface area contributed by atoms with E-state index in [1.54, 1.807) is 12.5 Å². The summed E-state index contributed by atoms with van der Waals surface area (Å²) in [6.45, 7) is 4.17. The lowest BCUT2D eigenvalue weighted by Gasteiger charge is -2.60. The van der Waals surface area contributed by atoms with Crippen LogP contribution >= 0.6 is 0 Å². The van der Waals surface area contributed by atoms with Crippen molar-refractivity contribution in [1.29, 1.82) is 0 Å². The fraction of sp³-hybridized carbons (Fsp3) is 0.700. The summed E-state index contributed by atoms with van der Waals surface area (Å²) in [6, 6.07) is 1.85. The fourth-order valence-electron chi connectivity index (χ4n) is 6.84. The van der Waals surface area contributed by atoms with E-state index in [2.05, 4.69) is 6.92 Å². The first-order valence-electron chi connectivity index (χ1n) is 9.55. The van der Waals surface area contributed by atoms with Crippen LogP contribution in [0, 0.1) is 22.7 Å². The lowest BCUT2D eigenvalue weighted by Crippen LogP contribution is -2.69. The summed E-state index contributed by atoms with van der Waals surface area (Å²) < 4.78 is 22.8. The molecule has 138 valence electrons. The number of furan rings is 1. The maximum atomic E-state index is 13.3. The van der Waals surface area contributed by atoms with E-state index in [1.807, 2.05) is 13.0 Å². The van der Waals surface area contributed by atoms with Gasteiger partial charge in [0.2, 0.25) is 0 Å². The van der Waals surface area contributed by atoms with Gasteiger partial charge in [-0.15, -0.1) is 0 Å². The van der Waals surface area contributed by atoms with E-state index < -0.39 is 16.4 Å². The van der Waals surface area contributed by atoms with Gasteiger partial charge in [0.05, 0.1) is 17.9 Å². The standard InChI is InChI=1S/C20H22O6/c1-10-3-5-20-14(7-12(24-17(20)22)15-18(20,2)26-15)19(10)8-13(25-16(19)21)11-4-6-23-9-11/h4,6,9-10,12-15H,3,5,7-8H2,1-2H3/t10-,12-,13-,14-,15+,18+,19-,20-/m0/s1. The number of carbonyl (C=O) groups is 2. The lowest BCUT2D eigenvalue weighted by atomic mass is 9.42. The molecule has 0 radical (unpaired) electrons. The molecule has 5 heterocycles. The van der Waals surface area contributed by atoms with E-state index in [0.717, 1.165) is 18.4 Å². The Bertz CT molecular complexity index is 816. The summed E-state index contributed by atoms with van der Waals surface area (Å²) >= 11 is 0. The molecule has 0 unspecified atom stereocenters. The number of rotatable bonds is 1. The van der Waals surface area contributed by atoms with E-state index in [1.165, 1.54) is 0 Å². The Balaban J connectivity index is 1.48. The Hall–Kier alpha value is -1.82. The molecule has 0 N–H and O–H groups in total. The summed E-state index contributed by atoms with van der Waals surface area (Å²) in [5.74, 6) is -0.254. The van der Waals surface area contributed by atoms with Gasteiger partial charge in [-0.05, 0) is 44.1 Å². The number of esters is 2. The van der Waals surface area contributed by atoms with Gasteiger partial charge in [-0.3, -0.25) is 9.59 Å². The molecule has 0 amide bonds. The molecule has 2 bridgehead atoms. The van der Waals surface area contributed by atoms with Gasteiger partial charge >= 0.3 is 11.9 Å². The van der Waals surface area contributed by atoms with Crippen LogP contribution in [0.4, 0.5) is 0 Å². The van der Waals surface area contributed by atoms with E-state index in [-0.39, 0.29) is 42.1 Å². The van der Waals surface area contributed by atoms with E-state index in [0.29, 0.717) is 12.8 Å². The molecule has 0 aromatic carbocycles. The molecule has 6 aliphatic rings. The zero-order chi connectivity index (χ0) is 17.9. The van der Waals surface area contributed by atoms with Crippen molar-refractivity contribution in [3.63, 3.8) is 0 Å². The highest BCUT2D eigenvalue weighted by Gasteiger charge is 2.85. The Morgan fingerprint density at radius 2 is 2.04 bits per heavy atom. The number of ether oxygens (including phenoxy) is 3. The molecule has 1 aromatic heterocycles. The zero-order valence-electron chi connectivity index (χ0n) is 14.9. The van der Waals surface area contributed by atoms with Gasteiger partial charge in [-0.25, -0.2) is 0 Å². The number of carbonyl (C=O) groups excluding carboxylic acids is 2. The topological polar surface area (TPSA) is 78.3 Å². The Morgan fingerprint density at radius 3 is 2.81 bits per heavy atom. The minimum absolute atomic E-state index is 0.0102. The number of hydrogen-bond donors (Lipinski definition) is 0. The van der Waals surface area contributed by atoms with Gasteiger partial charge in [0.15, 0.2) is 0 Å². The van der Waals surface area contributed by atoms with Crippen LogP contribution in [0.5, 0.6) is 0 Å². The number of hydrogen-bond acceptors (Lipinski definition) is 6. The van der Waals surface area contributed by atoms with Crippen LogP contribution < -0.4 is 0 Å². The van der Waals surface area contributed by atoms with Crippen molar-refractivity contribution in [2.75, 3.05) is 0 Å². The highest BCUT2D eigenvalue weighted by Crippen LogP contribution is 2.75. The van der Waals surface area contributed by atoms with Crippen LogP contribution in [0.15, 0.2) is 23.0 Å². The van der Waals surface area contributed by atoms with Crippen molar-refractivity contribution in [2.24, 2.45) is 22.7 Å². The summed E-state index contributed by atoms with van der Waals surface area (Å²) in [5.41, 5.74) is -0.977. The molecule has 2 aliphatic carbocycles. The van der Waals surface area contributed by atoms with Gasteiger partial charge in [-0.1, -0.05) is 6.92 Å². The Kier molecular flexibility index (Phi) is 2.55. The first-order chi connectivity index (χ1) is 12.4. The van der Waals surface area contributed by atoms with E-state index >= 15 is 0 Å². The highest BCUT2D eigenvalue weighted by atomic mass is 16.7. The SMILES string of the molecule is C[C@H]1CC[C@@]23C(=O)O[C@@H](C[C@H]2[C@]12C[C@@H](c1ccoc1)OC2=O)[C@H]1O[C@]13C. The van der Waals surface area contributed by atoms with Crippen molar-refractivity contribution in [3.05, 3.63) is 24.2 Å². The second-order valence-electron chi connectivity index (χ2n) is 8.98. The molecule has 4 saturated heterocycles. The minimum atomic E-state index is -0.719. The molecular weight excluding hydrogens is 336 g/mol. The van der Waals surface area contributed by atoms with Crippen LogP contribution in [-0.2, 0) is 23.8 Å². The summed E-state index contributed by atoms with van der Waals surface area (Å²) in [5, 5.41) is 0. The van der Waals surface area contributed by atoms with Crippen LogP contribution in [0.1, 0.15) is 51.2 Å². The average Bonchev–Trinajstić information content (AvgIpc) is 2.96. The Labute approximate surface area is 151 Å². The van der Waals surface area contributed by atoms with Crippen molar-refractivity contribution in [3.8, 4) is 0 Å². The van der Waals surface area contributed by atoms with Gasteiger partial charge in [-0.2, -0.15) is 0 Å². The minimum Gasteiger partial charge on any atom is -0.472 e. The average molecular weight is 358 g/mol. The van der Waals surface area contributed by atoms with E-state index in [9.17, 15) is 9.59 Å². The number of fused-ring (bicyclic) bond motifs is 1. The van der Waals surface area contributed by atoms with Crippen molar-refractivity contribution < 1.29 is 28.2 Å². The third-order valence-electron chi connectivity index (χ3n) is 8.31. The molecule has 8 atom stereocenters.